The lowest BCUT2D eigenvalue weighted by Gasteiger charge is -2.34. The minimum absolute atomic E-state index is 0.00289. The molecule has 5 heteroatoms. The Morgan fingerprint density at radius 3 is 2.68 bits per heavy atom. The standard InChI is InChI=1S/C20H30N2O3/c1-14(2)17-13-22(10-4-9-21(17)12-15-5-6-15)20(24)16-7-8-19(25-3)18(23)11-16/h7-8,11,14-15,17,23H,4-6,9-10,12-13H2,1-3H3/t17-/m1/s1. The number of phenolic OH excluding ortho intramolecular Hbond substituents is 1. The highest BCUT2D eigenvalue weighted by atomic mass is 16.5. The summed E-state index contributed by atoms with van der Waals surface area (Å²) in [6, 6.07) is 5.30. The average Bonchev–Trinajstić information content (AvgIpc) is 3.41. The van der Waals surface area contributed by atoms with E-state index in [9.17, 15) is 9.90 Å². The van der Waals surface area contributed by atoms with Crippen LogP contribution in [0.2, 0.25) is 0 Å². The molecule has 0 spiro atoms. The molecule has 1 heterocycles. The Hall–Kier alpha value is -1.75. The van der Waals surface area contributed by atoms with Crippen LogP contribution in [0.4, 0.5) is 0 Å². The number of hydrogen-bond donors (Lipinski definition) is 1. The van der Waals surface area contributed by atoms with E-state index in [4.69, 9.17) is 4.74 Å². The van der Waals surface area contributed by atoms with Gasteiger partial charge in [0, 0.05) is 37.8 Å². The summed E-state index contributed by atoms with van der Waals surface area (Å²) >= 11 is 0. The summed E-state index contributed by atoms with van der Waals surface area (Å²) in [6.45, 7) is 8.27. The Balaban J connectivity index is 1.74. The molecule has 1 aliphatic heterocycles. The van der Waals surface area contributed by atoms with E-state index in [0.29, 0.717) is 23.3 Å². The molecular weight excluding hydrogens is 316 g/mol. The molecule has 0 aromatic heterocycles. The molecule has 3 rings (SSSR count). The number of carbonyl (C=O) groups is 1. The van der Waals surface area contributed by atoms with Crippen LogP contribution in [0.5, 0.6) is 11.5 Å². The van der Waals surface area contributed by atoms with Gasteiger partial charge in [-0.2, -0.15) is 0 Å². The van der Waals surface area contributed by atoms with Crippen LogP contribution in [0, 0.1) is 11.8 Å². The highest BCUT2D eigenvalue weighted by Gasteiger charge is 2.33. The molecule has 1 amide bonds. The Kier molecular flexibility index (Phi) is 5.52. The molecule has 1 saturated carbocycles. The van der Waals surface area contributed by atoms with Gasteiger partial charge in [0.05, 0.1) is 7.11 Å². The van der Waals surface area contributed by atoms with Gasteiger partial charge >= 0.3 is 0 Å². The van der Waals surface area contributed by atoms with Crippen LogP contribution in [-0.2, 0) is 0 Å². The van der Waals surface area contributed by atoms with Crippen molar-refractivity contribution in [2.45, 2.75) is 39.2 Å². The molecule has 138 valence electrons. The van der Waals surface area contributed by atoms with Crippen molar-refractivity contribution in [3.63, 3.8) is 0 Å². The smallest absolute Gasteiger partial charge is 0.254 e. The number of ether oxygens (including phenoxy) is 1. The van der Waals surface area contributed by atoms with Crippen LogP contribution in [0.1, 0.15) is 43.5 Å². The first-order chi connectivity index (χ1) is 12.0. The molecule has 0 unspecified atom stereocenters. The van der Waals surface area contributed by atoms with Gasteiger partial charge in [-0.3, -0.25) is 9.69 Å². The van der Waals surface area contributed by atoms with E-state index < -0.39 is 0 Å². The molecule has 5 nitrogen and oxygen atoms in total. The number of hydrogen-bond acceptors (Lipinski definition) is 4. The number of aromatic hydroxyl groups is 1. The molecule has 25 heavy (non-hydrogen) atoms. The first-order valence-electron chi connectivity index (χ1n) is 9.40. The van der Waals surface area contributed by atoms with Gasteiger partial charge in [0.15, 0.2) is 11.5 Å². The summed E-state index contributed by atoms with van der Waals surface area (Å²) < 4.78 is 5.07. The molecule has 1 saturated heterocycles. The van der Waals surface area contributed by atoms with E-state index >= 15 is 0 Å². The van der Waals surface area contributed by atoms with Crippen LogP contribution >= 0.6 is 0 Å². The summed E-state index contributed by atoms with van der Waals surface area (Å²) in [5.74, 6) is 1.78. The van der Waals surface area contributed by atoms with Gasteiger partial charge in [-0.25, -0.2) is 0 Å². The number of methoxy groups -OCH3 is 1. The molecule has 1 N–H and O–H groups in total. The minimum Gasteiger partial charge on any atom is -0.504 e. The van der Waals surface area contributed by atoms with Crippen molar-refractivity contribution >= 4 is 5.91 Å². The average molecular weight is 346 g/mol. The van der Waals surface area contributed by atoms with Crippen molar-refractivity contribution in [1.82, 2.24) is 9.80 Å². The van der Waals surface area contributed by atoms with Gasteiger partial charge in [-0.05, 0) is 49.3 Å². The highest BCUT2D eigenvalue weighted by molar-refractivity contribution is 5.95. The third-order valence-electron chi connectivity index (χ3n) is 5.42. The number of rotatable bonds is 5. The van der Waals surface area contributed by atoms with Crippen molar-refractivity contribution < 1.29 is 14.6 Å². The number of benzene rings is 1. The van der Waals surface area contributed by atoms with Gasteiger partial charge in [-0.15, -0.1) is 0 Å². The lowest BCUT2D eigenvalue weighted by Crippen LogP contribution is -2.46. The van der Waals surface area contributed by atoms with Crippen molar-refractivity contribution in [2.75, 3.05) is 33.3 Å². The van der Waals surface area contributed by atoms with Crippen molar-refractivity contribution in [3.05, 3.63) is 23.8 Å². The fourth-order valence-electron chi connectivity index (χ4n) is 3.74. The van der Waals surface area contributed by atoms with Gasteiger partial charge in [-0.1, -0.05) is 13.8 Å². The molecule has 2 aliphatic rings. The van der Waals surface area contributed by atoms with E-state index in [2.05, 4.69) is 18.7 Å². The van der Waals surface area contributed by atoms with Crippen molar-refractivity contribution in [2.24, 2.45) is 11.8 Å². The molecule has 0 radical (unpaired) electrons. The number of carbonyl (C=O) groups excluding carboxylic acids is 1. The predicted molar refractivity (Wildman–Crippen MR) is 98.1 cm³/mol. The van der Waals surface area contributed by atoms with Crippen LogP contribution in [0.15, 0.2) is 18.2 Å². The van der Waals surface area contributed by atoms with Crippen molar-refractivity contribution in [1.29, 1.82) is 0 Å². The van der Waals surface area contributed by atoms with E-state index in [1.165, 1.54) is 32.6 Å². The Labute approximate surface area is 150 Å². The predicted octanol–water partition coefficient (Wildman–Crippen LogP) is 2.98. The summed E-state index contributed by atoms with van der Waals surface area (Å²) in [6.07, 6.45) is 3.72. The SMILES string of the molecule is COc1ccc(C(=O)N2CCCN(CC3CC3)[C@@H](C(C)C)C2)cc1O. The van der Waals surface area contributed by atoms with Gasteiger partial charge in [0.25, 0.3) is 5.91 Å². The Morgan fingerprint density at radius 1 is 1.32 bits per heavy atom. The van der Waals surface area contributed by atoms with E-state index in [-0.39, 0.29) is 11.7 Å². The number of amides is 1. The van der Waals surface area contributed by atoms with Gasteiger partial charge < -0.3 is 14.7 Å². The largest absolute Gasteiger partial charge is 0.504 e. The zero-order valence-corrected chi connectivity index (χ0v) is 15.6. The maximum absolute atomic E-state index is 13.0. The summed E-state index contributed by atoms with van der Waals surface area (Å²) in [5, 5.41) is 9.98. The Morgan fingerprint density at radius 2 is 2.08 bits per heavy atom. The van der Waals surface area contributed by atoms with Crippen LogP contribution < -0.4 is 4.74 Å². The molecular formula is C20H30N2O3. The lowest BCUT2D eigenvalue weighted by atomic mass is 10.0. The molecule has 1 aromatic rings. The van der Waals surface area contributed by atoms with Gasteiger partial charge in [0.2, 0.25) is 0 Å². The second-order valence-electron chi connectivity index (χ2n) is 7.74. The fourth-order valence-corrected chi connectivity index (χ4v) is 3.74. The third-order valence-corrected chi connectivity index (χ3v) is 5.42. The molecule has 1 atom stereocenters. The third kappa shape index (κ3) is 4.27. The summed E-state index contributed by atoms with van der Waals surface area (Å²) in [5.41, 5.74) is 0.524. The van der Waals surface area contributed by atoms with Crippen LogP contribution in [0.25, 0.3) is 0 Å². The zero-order chi connectivity index (χ0) is 18.0. The van der Waals surface area contributed by atoms with Crippen LogP contribution in [-0.4, -0.2) is 60.1 Å². The monoisotopic (exact) mass is 346 g/mol. The topological polar surface area (TPSA) is 53.0 Å². The molecule has 1 aliphatic carbocycles. The maximum Gasteiger partial charge on any atom is 0.254 e. The maximum atomic E-state index is 13.0. The second kappa shape index (κ2) is 7.65. The van der Waals surface area contributed by atoms with Gasteiger partial charge in [0.1, 0.15) is 0 Å². The molecule has 0 bridgehead atoms. The second-order valence-corrected chi connectivity index (χ2v) is 7.74. The van der Waals surface area contributed by atoms with E-state index in [1.54, 1.807) is 12.1 Å². The first-order valence-corrected chi connectivity index (χ1v) is 9.40. The number of nitrogens with zero attached hydrogens (tertiary/aromatic N) is 2. The summed E-state index contributed by atoms with van der Waals surface area (Å²) in [7, 11) is 1.51. The zero-order valence-electron chi connectivity index (χ0n) is 15.6. The molecule has 2 fully saturated rings. The lowest BCUT2D eigenvalue weighted by molar-refractivity contribution is 0.0704. The van der Waals surface area contributed by atoms with Crippen molar-refractivity contribution in [3.8, 4) is 11.5 Å². The summed E-state index contributed by atoms with van der Waals surface area (Å²) in [4.78, 5) is 17.5. The molecule has 1 aromatic carbocycles. The van der Waals surface area contributed by atoms with E-state index in [1.807, 2.05) is 4.90 Å². The fraction of sp³-hybridized carbons (Fsp3) is 0.650. The number of phenols is 1. The normalized spacial score (nSPS) is 22.1. The van der Waals surface area contributed by atoms with E-state index in [0.717, 1.165) is 32.0 Å². The van der Waals surface area contributed by atoms with Crippen LogP contribution in [0.3, 0.4) is 0 Å². The quantitative estimate of drug-likeness (QED) is 0.890. The minimum atomic E-state index is -0.00289. The highest BCUT2D eigenvalue weighted by Crippen LogP contribution is 2.32. The Bertz CT molecular complexity index is 613. The first kappa shape index (κ1) is 18.1.